The number of rotatable bonds is 10. The third kappa shape index (κ3) is 5.47. The van der Waals surface area contributed by atoms with E-state index in [0.29, 0.717) is 19.6 Å². The molecule has 0 bridgehead atoms. The number of benzene rings is 2. The van der Waals surface area contributed by atoms with Crippen molar-refractivity contribution in [3.8, 4) is 17.0 Å². The van der Waals surface area contributed by atoms with E-state index >= 15 is 0 Å². The monoisotopic (exact) mass is 516 g/mol. The number of aromatic nitrogens is 2. The summed E-state index contributed by atoms with van der Waals surface area (Å²) in [4.78, 5) is 16.1. The molecule has 3 heterocycles. The molecule has 5 rings (SSSR count). The van der Waals surface area contributed by atoms with Gasteiger partial charge in [0.1, 0.15) is 23.4 Å². The number of aryl methyl sites for hydroxylation is 1. The summed E-state index contributed by atoms with van der Waals surface area (Å²) < 4.78 is 26.9. The summed E-state index contributed by atoms with van der Waals surface area (Å²) in [7, 11) is 3.42. The van der Waals surface area contributed by atoms with Gasteiger partial charge >= 0.3 is 0 Å². The number of nitrogens with zero attached hydrogens (tertiary/aromatic N) is 5. The van der Waals surface area contributed by atoms with E-state index in [9.17, 15) is 4.39 Å². The van der Waals surface area contributed by atoms with Gasteiger partial charge in [0.25, 0.3) is 0 Å². The Balaban J connectivity index is 1.56. The zero-order chi connectivity index (χ0) is 26.5. The summed E-state index contributed by atoms with van der Waals surface area (Å²) in [5.41, 5.74) is 10.9. The molecular weight excluding hydrogens is 483 g/mol. The average Bonchev–Trinajstić information content (AvgIpc) is 3.49. The third-order valence-corrected chi connectivity index (χ3v) is 6.84. The Kier molecular flexibility index (Phi) is 7.83. The second-order valence-electron chi connectivity index (χ2n) is 9.40. The zero-order valence-electron chi connectivity index (χ0n) is 21.8. The van der Waals surface area contributed by atoms with E-state index in [1.54, 1.807) is 32.6 Å². The van der Waals surface area contributed by atoms with Crippen molar-refractivity contribution in [2.75, 3.05) is 27.4 Å². The van der Waals surface area contributed by atoms with E-state index in [-0.39, 0.29) is 17.8 Å². The second-order valence-corrected chi connectivity index (χ2v) is 9.40. The van der Waals surface area contributed by atoms with Crippen LogP contribution in [0.2, 0.25) is 0 Å². The quantitative estimate of drug-likeness (QED) is 0.391. The van der Waals surface area contributed by atoms with Gasteiger partial charge in [0.05, 0.1) is 18.5 Å². The van der Waals surface area contributed by atoms with Crippen molar-refractivity contribution in [1.82, 2.24) is 14.5 Å². The van der Waals surface area contributed by atoms with Crippen LogP contribution in [-0.2, 0) is 17.7 Å². The van der Waals surface area contributed by atoms with Gasteiger partial charge in [-0.3, -0.25) is 0 Å². The number of para-hydroxylation sites is 1. The molecule has 8 nitrogen and oxygen atoms in total. The maximum Gasteiger partial charge on any atom is 0.215 e. The highest BCUT2D eigenvalue weighted by atomic mass is 19.1. The van der Waals surface area contributed by atoms with Gasteiger partial charge in [0.2, 0.25) is 5.96 Å². The summed E-state index contributed by atoms with van der Waals surface area (Å²) in [5, 5.41) is 0. The molecule has 198 valence electrons. The van der Waals surface area contributed by atoms with Crippen LogP contribution in [-0.4, -0.2) is 54.0 Å². The highest BCUT2D eigenvalue weighted by Gasteiger charge is 2.31. The molecule has 3 aromatic rings. The Labute approximate surface area is 222 Å². The SMILES string of the molecule is COCCCN(/C=C1\CCc2nc(-c3ccc(F)cc3)c(C3CC=NC(N)=N3)n21)Cc1ccccc1OC. The van der Waals surface area contributed by atoms with E-state index in [2.05, 4.69) is 31.7 Å². The van der Waals surface area contributed by atoms with Gasteiger partial charge in [-0.1, -0.05) is 18.2 Å². The lowest BCUT2D eigenvalue weighted by atomic mass is 10.0. The molecule has 2 N–H and O–H groups in total. The van der Waals surface area contributed by atoms with E-state index in [4.69, 9.17) is 20.2 Å². The first-order valence-electron chi connectivity index (χ1n) is 12.9. The fourth-order valence-corrected chi connectivity index (χ4v) is 5.10. The molecule has 1 aromatic heterocycles. The molecule has 0 saturated heterocycles. The summed E-state index contributed by atoms with van der Waals surface area (Å²) >= 11 is 0. The van der Waals surface area contributed by atoms with Gasteiger partial charge in [0, 0.05) is 68.9 Å². The predicted molar refractivity (Wildman–Crippen MR) is 148 cm³/mol. The Morgan fingerprint density at radius 1 is 1.13 bits per heavy atom. The number of ether oxygens (including phenoxy) is 2. The standard InChI is InChI=1S/C29H33FN6O2/c1-37-17-5-16-35(18-21-6-3-4-7-25(21)38-2)19-23-12-13-26-34-27(20-8-10-22(30)11-9-20)28(36(23)26)24-14-15-32-29(31)33-24/h3-4,6-11,15,19,24H,5,12-14,16-18H2,1-2H3,(H2,31,33)/b23-19+. The number of methoxy groups -OCH3 is 2. The number of halogens is 1. The normalized spacial score (nSPS) is 17.5. The maximum atomic E-state index is 13.7. The van der Waals surface area contributed by atoms with Crippen LogP contribution in [0, 0.1) is 5.82 Å². The first-order valence-corrected chi connectivity index (χ1v) is 12.9. The molecule has 0 saturated carbocycles. The molecule has 2 aliphatic rings. The Morgan fingerprint density at radius 3 is 2.71 bits per heavy atom. The van der Waals surface area contributed by atoms with Crippen LogP contribution in [0.4, 0.5) is 4.39 Å². The summed E-state index contributed by atoms with van der Waals surface area (Å²) in [6.07, 6.45) is 7.19. The number of fused-ring (bicyclic) bond motifs is 1. The van der Waals surface area contributed by atoms with Crippen molar-refractivity contribution in [2.24, 2.45) is 15.7 Å². The van der Waals surface area contributed by atoms with Crippen LogP contribution in [0.5, 0.6) is 5.75 Å². The lowest BCUT2D eigenvalue weighted by Gasteiger charge is -2.24. The van der Waals surface area contributed by atoms with Gasteiger partial charge in [-0.15, -0.1) is 0 Å². The smallest absolute Gasteiger partial charge is 0.215 e. The van der Waals surface area contributed by atoms with Gasteiger partial charge < -0.3 is 24.7 Å². The summed E-state index contributed by atoms with van der Waals surface area (Å²) in [6, 6.07) is 14.3. The first kappa shape index (κ1) is 25.7. The molecule has 0 radical (unpaired) electrons. The van der Waals surface area contributed by atoms with Crippen LogP contribution >= 0.6 is 0 Å². The zero-order valence-corrected chi connectivity index (χ0v) is 21.8. The summed E-state index contributed by atoms with van der Waals surface area (Å²) in [5.74, 6) is 1.81. The second kappa shape index (κ2) is 11.6. The molecule has 9 heteroatoms. The molecule has 0 fully saturated rings. The van der Waals surface area contributed by atoms with Crippen molar-refractivity contribution >= 4 is 17.9 Å². The molecule has 1 atom stereocenters. The molecule has 1 unspecified atom stereocenters. The van der Waals surface area contributed by atoms with Crippen LogP contribution in [0.3, 0.4) is 0 Å². The first-order chi connectivity index (χ1) is 18.6. The van der Waals surface area contributed by atoms with Gasteiger partial charge in [0.15, 0.2) is 0 Å². The summed E-state index contributed by atoms with van der Waals surface area (Å²) in [6.45, 7) is 2.20. The Hall–Kier alpha value is -3.98. The molecule has 0 amide bonds. The minimum Gasteiger partial charge on any atom is -0.496 e. The predicted octanol–water partition coefficient (Wildman–Crippen LogP) is 4.81. The highest BCUT2D eigenvalue weighted by molar-refractivity contribution is 5.89. The average molecular weight is 517 g/mol. The molecule has 38 heavy (non-hydrogen) atoms. The number of aliphatic imine (C=N–C) groups is 2. The van der Waals surface area contributed by atoms with Gasteiger partial charge in [-0.25, -0.2) is 19.4 Å². The van der Waals surface area contributed by atoms with Crippen molar-refractivity contribution in [1.29, 1.82) is 0 Å². The van der Waals surface area contributed by atoms with Gasteiger partial charge in [-0.2, -0.15) is 0 Å². The number of imidazole rings is 1. The largest absolute Gasteiger partial charge is 0.496 e. The van der Waals surface area contributed by atoms with Crippen LogP contribution in [0.15, 0.2) is 64.7 Å². The molecule has 2 aliphatic heterocycles. The molecular formula is C29H33FN6O2. The Morgan fingerprint density at radius 2 is 1.95 bits per heavy atom. The maximum absolute atomic E-state index is 13.7. The van der Waals surface area contributed by atoms with Crippen LogP contribution in [0.1, 0.15) is 42.4 Å². The van der Waals surface area contributed by atoms with Crippen LogP contribution in [0.25, 0.3) is 17.0 Å². The molecule has 0 spiro atoms. The number of guanidine groups is 1. The minimum atomic E-state index is -0.280. The molecule has 2 aromatic carbocycles. The molecule has 0 aliphatic carbocycles. The van der Waals surface area contributed by atoms with Crippen molar-refractivity contribution in [3.63, 3.8) is 0 Å². The number of hydrogen-bond donors (Lipinski definition) is 1. The Bertz CT molecular complexity index is 1360. The lowest BCUT2D eigenvalue weighted by molar-refractivity contribution is 0.182. The number of allylic oxidation sites excluding steroid dienone is 1. The fraction of sp³-hybridized carbons (Fsp3) is 0.345. The number of hydrogen-bond acceptors (Lipinski definition) is 7. The highest BCUT2D eigenvalue weighted by Crippen LogP contribution is 2.39. The van der Waals surface area contributed by atoms with E-state index < -0.39 is 0 Å². The van der Waals surface area contributed by atoms with E-state index in [1.165, 1.54) is 12.1 Å². The van der Waals surface area contributed by atoms with Crippen LogP contribution < -0.4 is 10.5 Å². The number of nitrogens with two attached hydrogens (primary N) is 1. The minimum absolute atomic E-state index is 0.230. The topological polar surface area (TPSA) is 90.3 Å². The fourth-order valence-electron chi connectivity index (χ4n) is 5.10. The van der Waals surface area contributed by atoms with E-state index in [0.717, 1.165) is 65.6 Å². The third-order valence-electron chi connectivity index (χ3n) is 6.84. The van der Waals surface area contributed by atoms with Crippen molar-refractivity contribution < 1.29 is 13.9 Å². The van der Waals surface area contributed by atoms with E-state index in [1.807, 2.05) is 18.2 Å². The van der Waals surface area contributed by atoms with Crippen molar-refractivity contribution in [3.05, 3.63) is 77.6 Å². The van der Waals surface area contributed by atoms with Gasteiger partial charge in [-0.05, 0) is 43.2 Å². The van der Waals surface area contributed by atoms with Crippen molar-refractivity contribution in [2.45, 2.75) is 38.3 Å². The lowest BCUT2D eigenvalue weighted by Crippen LogP contribution is -2.21.